The highest BCUT2D eigenvalue weighted by Gasteiger charge is 2.26. The zero-order chi connectivity index (χ0) is 10.7. The highest BCUT2D eigenvalue weighted by molar-refractivity contribution is 7.85. The summed E-state index contributed by atoms with van der Waals surface area (Å²) in [6.07, 6.45) is -0.293. The third-order valence-corrected chi connectivity index (χ3v) is 3.33. The molecule has 1 aromatic carbocycles. The van der Waals surface area contributed by atoms with Gasteiger partial charge in [0.15, 0.2) is 0 Å². The van der Waals surface area contributed by atoms with Crippen LogP contribution in [0, 0.1) is 0 Å². The van der Waals surface area contributed by atoms with Crippen LogP contribution < -0.4 is 0 Å². The normalized spacial score (nSPS) is 17.3. The quantitative estimate of drug-likeness (QED) is 0.719. The summed E-state index contributed by atoms with van der Waals surface area (Å²) >= 11 is 0. The van der Waals surface area contributed by atoms with Crippen molar-refractivity contribution in [2.75, 3.05) is 13.2 Å². The molecular formula is C10H12O4S. The molecule has 0 spiro atoms. The number of ether oxygens (including phenoxy) is 1. The summed E-state index contributed by atoms with van der Waals surface area (Å²) in [5.74, 6) is -0.0790. The van der Waals surface area contributed by atoms with Crippen LogP contribution in [0.4, 0.5) is 0 Å². The van der Waals surface area contributed by atoms with Crippen LogP contribution in [0.1, 0.15) is 5.56 Å². The molecule has 82 valence electrons. The van der Waals surface area contributed by atoms with Gasteiger partial charge in [-0.05, 0) is 5.56 Å². The molecule has 0 aromatic heterocycles. The molecule has 1 aliphatic rings. The third-order valence-electron chi connectivity index (χ3n) is 2.08. The second-order valence-electron chi connectivity index (χ2n) is 3.44. The summed E-state index contributed by atoms with van der Waals surface area (Å²) in [4.78, 5) is 0. The molecule has 0 saturated carbocycles. The zero-order valence-corrected chi connectivity index (χ0v) is 8.94. The molecule has 1 aromatic rings. The van der Waals surface area contributed by atoms with Crippen molar-refractivity contribution in [2.24, 2.45) is 0 Å². The van der Waals surface area contributed by atoms with E-state index in [1.807, 2.05) is 6.07 Å². The smallest absolute Gasteiger partial charge is 0.271 e. The van der Waals surface area contributed by atoms with Gasteiger partial charge in [0.25, 0.3) is 10.1 Å². The maximum Gasteiger partial charge on any atom is 0.271 e. The Bertz CT molecular complexity index is 408. The average Bonchev–Trinajstić information content (AvgIpc) is 2.13. The zero-order valence-electron chi connectivity index (χ0n) is 8.13. The molecule has 1 saturated heterocycles. The lowest BCUT2D eigenvalue weighted by Gasteiger charge is -2.25. The average molecular weight is 228 g/mol. The maximum absolute atomic E-state index is 11.5. The Balaban J connectivity index is 1.98. The number of hydrogen-bond acceptors (Lipinski definition) is 4. The second-order valence-corrected chi connectivity index (χ2v) is 5.04. The van der Waals surface area contributed by atoms with Gasteiger partial charge in [-0.1, -0.05) is 30.3 Å². The molecule has 15 heavy (non-hydrogen) atoms. The Labute approximate surface area is 88.9 Å². The summed E-state index contributed by atoms with van der Waals surface area (Å²) in [5.41, 5.74) is 0.734. The molecule has 0 N–H and O–H groups in total. The van der Waals surface area contributed by atoms with Gasteiger partial charge in [-0.2, -0.15) is 8.42 Å². The molecule has 0 radical (unpaired) electrons. The van der Waals surface area contributed by atoms with Crippen LogP contribution >= 0.6 is 0 Å². The van der Waals surface area contributed by atoms with E-state index in [1.165, 1.54) is 0 Å². The first kappa shape index (κ1) is 10.6. The van der Waals surface area contributed by atoms with Gasteiger partial charge in [0.2, 0.25) is 0 Å². The molecule has 1 heterocycles. The van der Waals surface area contributed by atoms with Crippen molar-refractivity contribution in [3.63, 3.8) is 0 Å². The van der Waals surface area contributed by atoms with Gasteiger partial charge in [-0.25, -0.2) is 0 Å². The Morgan fingerprint density at radius 1 is 1.27 bits per heavy atom. The monoisotopic (exact) mass is 228 g/mol. The van der Waals surface area contributed by atoms with Gasteiger partial charge in [0, 0.05) is 0 Å². The van der Waals surface area contributed by atoms with Crippen LogP contribution in [0.2, 0.25) is 0 Å². The van der Waals surface area contributed by atoms with E-state index in [4.69, 9.17) is 8.92 Å². The number of benzene rings is 1. The van der Waals surface area contributed by atoms with Crippen LogP contribution in [0.25, 0.3) is 0 Å². The summed E-state index contributed by atoms with van der Waals surface area (Å²) in [6.45, 7) is 0.738. The van der Waals surface area contributed by atoms with Crippen molar-refractivity contribution in [1.82, 2.24) is 0 Å². The minimum atomic E-state index is -3.47. The van der Waals surface area contributed by atoms with Gasteiger partial charge in [0.1, 0.15) is 11.9 Å². The van der Waals surface area contributed by atoms with E-state index >= 15 is 0 Å². The van der Waals surface area contributed by atoms with Crippen molar-refractivity contribution in [3.05, 3.63) is 35.9 Å². The molecule has 5 heteroatoms. The van der Waals surface area contributed by atoms with E-state index in [2.05, 4.69) is 0 Å². The third kappa shape index (κ3) is 3.02. The van der Waals surface area contributed by atoms with Crippen LogP contribution in [0.3, 0.4) is 0 Å². The first-order valence-corrected chi connectivity index (χ1v) is 6.26. The van der Waals surface area contributed by atoms with Crippen LogP contribution in [0.15, 0.2) is 30.3 Å². The lowest BCUT2D eigenvalue weighted by molar-refractivity contribution is -0.0769. The van der Waals surface area contributed by atoms with Crippen molar-refractivity contribution < 1.29 is 17.3 Å². The first-order chi connectivity index (χ1) is 7.16. The van der Waals surface area contributed by atoms with E-state index in [9.17, 15) is 8.42 Å². The van der Waals surface area contributed by atoms with Crippen molar-refractivity contribution in [1.29, 1.82) is 0 Å². The predicted octanol–water partition coefficient (Wildman–Crippen LogP) is 0.932. The Hall–Kier alpha value is -0.910. The van der Waals surface area contributed by atoms with E-state index in [0.717, 1.165) is 5.56 Å². The van der Waals surface area contributed by atoms with E-state index in [-0.39, 0.29) is 11.9 Å². The lowest BCUT2D eigenvalue weighted by Crippen LogP contribution is -2.38. The van der Waals surface area contributed by atoms with Crippen LogP contribution in [-0.2, 0) is 24.8 Å². The van der Waals surface area contributed by atoms with Crippen LogP contribution in [0.5, 0.6) is 0 Å². The molecule has 0 bridgehead atoms. The highest BCUT2D eigenvalue weighted by atomic mass is 32.2. The molecule has 0 unspecified atom stereocenters. The van der Waals surface area contributed by atoms with Gasteiger partial charge in [-0.15, -0.1) is 0 Å². The maximum atomic E-state index is 11.5. The van der Waals surface area contributed by atoms with Gasteiger partial charge >= 0.3 is 0 Å². The fourth-order valence-electron chi connectivity index (χ4n) is 1.29. The molecule has 0 aliphatic carbocycles. The molecule has 4 nitrogen and oxygen atoms in total. The standard InChI is InChI=1S/C10H12O4S/c11-15(12,14-10-6-13-7-10)8-9-4-2-1-3-5-9/h1-5,10H,6-8H2. The summed E-state index contributed by atoms with van der Waals surface area (Å²) in [7, 11) is -3.47. The molecule has 0 amide bonds. The van der Waals surface area contributed by atoms with E-state index in [0.29, 0.717) is 13.2 Å². The molecule has 1 fully saturated rings. The molecular weight excluding hydrogens is 216 g/mol. The van der Waals surface area contributed by atoms with Gasteiger partial charge in [0.05, 0.1) is 13.2 Å². The summed E-state index contributed by atoms with van der Waals surface area (Å²) in [5, 5.41) is 0. The topological polar surface area (TPSA) is 52.6 Å². The van der Waals surface area contributed by atoms with Crippen molar-refractivity contribution >= 4 is 10.1 Å². The number of hydrogen-bond donors (Lipinski definition) is 0. The van der Waals surface area contributed by atoms with E-state index < -0.39 is 10.1 Å². The summed E-state index contributed by atoms with van der Waals surface area (Å²) in [6, 6.07) is 8.97. The molecule has 2 rings (SSSR count). The Morgan fingerprint density at radius 3 is 2.47 bits per heavy atom. The Morgan fingerprint density at radius 2 is 1.93 bits per heavy atom. The second kappa shape index (κ2) is 4.30. The predicted molar refractivity (Wildman–Crippen MR) is 54.8 cm³/mol. The van der Waals surface area contributed by atoms with Gasteiger partial charge in [-0.3, -0.25) is 4.18 Å². The lowest BCUT2D eigenvalue weighted by atomic mass is 10.2. The fourth-order valence-corrected chi connectivity index (χ4v) is 2.48. The Kier molecular flexibility index (Phi) is 3.04. The first-order valence-electron chi connectivity index (χ1n) is 4.68. The number of rotatable bonds is 4. The fraction of sp³-hybridized carbons (Fsp3) is 0.400. The van der Waals surface area contributed by atoms with Crippen molar-refractivity contribution in [3.8, 4) is 0 Å². The minimum absolute atomic E-state index is 0.0790. The SMILES string of the molecule is O=S(=O)(Cc1ccccc1)OC1COC1. The van der Waals surface area contributed by atoms with Crippen LogP contribution in [-0.4, -0.2) is 27.7 Å². The largest absolute Gasteiger partial charge is 0.376 e. The highest BCUT2D eigenvalue weighted by Crippen LogP contribution is 2.13. The molecule has 0 atom stereocenters. The van der Waals surface area contributed by atoms with Gasteiger partial charge < -0.3 is 4.74 Å². The summed E-state index contributed by atoms with van der Waals surface area (Å²) < 4.78 is 32.8. The molecule has 1 aliphatic heterocycles. The van der Waals surface area contributed by atoms with Crippen molar-refractivity contribution in [2.45, 2.75) is 11.9 Å². The van der Waals surface area contributed by atoms with E-state index in [1.54, 1.807) is 24.3 Å². The minimum Gasteiger partial charge on any atom is -0.376 e.